The van der Waals surface area contributed by atoms with Gasteiger partial charge in [-0.3, -0.25) is 0 Å². The molecule has 0 bridgehead atoms. The van der Waals surface area contributed by atoms with Crippen LogP contribution in [-0.2, 0) is 0 Å². The number of benzene rings is 2. The van der Waals surface area contributed by atoms with E-state index in [0.29, 0.717) is 0 Å². The fourth-order valence-corrected chi connectivity index (χ4v) is 21.0. The van der Waals surface area contributed by atoms with Crippen molar-refractivity contribution in [2.24, 2.45) is 11.8 Å². The van der Waals surface area contributed by atoms with Gasteiger partial charge in [0.25, 0.3) is 0 Å². The van der Waals surface area contributed by atoms with Crippen molar-refractivity contribution in [1.82, 2.24) is 0 Å². The van der Waals surface area contributed by atoms with Gasteiger partial charge in [0.15, 0.2) is 0 Å². The van der Waals surface area contributed by atoms with Crippen LogP contribution in [0.5, 0.6) is 0 Å². The molecular weight excluding hydrogens is 383 g/mol. The molecule has 0 aromatic heterocycles. The third kappa shape index (κ3) is 4.62. The monoisotopic (exact) mass is 416 g/mol. The molecule has 1 heteroatoms. The standard InChI is InChI=1S/2C6H5.2C5H11.Sn/c2*1-2-4-6-5-3-1;2*1-4-5(2)3;/h2*1-5H;2*5H,2,4H2,1,3H3;/t;;2*5-;/m..11./s1. The third-order valence-electron chi connectivity index (χ3n) is 5.44. The third-order valence-corrected chi connectivity index (χ3v) is 21.6. The van der Waals surface area contributed by atoms with Crippen LogP contribution in [0.4, 0.5) is 0 Å². The quantitative estimate of drug-likeness (QED) is 0.511. The molecule has 23 heavy (non-hydrogen) atoms. The molecule has 2 aromatic carbocycles. The van der Waals surface area contributed by atoms with Crippen molar-refractivity contribution in [2.75, 3.05) is 0 Å². The second-order valence-electron chi connectivity index (χ2n) is 7.25. The fourth-order valence-electron chi connectivity index (χ4n) is 3.71. The first kappa shape index (κ1) is 18.6. The maximum atomic E-state index is 2.45. The minimum absolute atomic E-state index is 0.815. The Kier molecular flexibility index (Phi) is 7.20. The Morgan fingerprint density at radius 3 is 1.30 bits per heavy atom. The Balaban J connectivity index is 2.57. The topological polar surface area (TPSA) is 0 Å². The predicted molar refractivity (Wildman–Crippen MR) is 106 cm³/mol. The second-order valence-corrected chi connectivity index (χ2v) is 19.1. The summed E-state index contributed by atoms with van der Waals surface area (Å²) in [4.78, 5) is 0. The molecule has 0 nitrogen and oxygen atoms in total. The van der Waals surface area contributed by atoms with E-state index in [2.05, 4.69) is 88.4 Å². The summed E-state index contributed by atoms with van der Waals surface area (Å²) >= 11 is -2.66. The summed E-state index contributed by atoms with van der Waals surface area (Å²) in [5, 5.41) is 0. The van der Waals surface area contributed by atoms with Crippen LogP contribution in [-0.4, -0.2) is 18.4 Å². The maximum absolute atomic E-state index is 2.66. The molecule has 0 fully saturated rings. The second kappa shape index (κ2) is 8.91. The van der Waals surface area contributed by atoms with Gasteiger partial charge in [-0.2, -0.15) is 0 Å². The van der Waals surface area contributed by atoms with Crippen molar-refractivity contribution in [2.45, 2.75) is 49.4 Å². The Bertz CT molecular complexity index is 508. The van der Waals surface area contributed by atoms with E-state index >= 15 is 0 Å². The number of hydrogen-bond donors (Lipinski definition) is 0. The first-order valence-electron chi connectivity index (χ1n) is 9.23. The van der Waals surface area contributed by atoms with E-state index in [1.54, 1.807) is 7.16 Å². The number of hydrogen-bond acceptors (Lipinski definition) is 0. The van der Waals surface area contributed by atoms with Gasteiger partial charge in [-0.1, -0.05) is 0 Å². The molecule has 0 amide bonds. The Morgan fingerprint density at radius 1 is 0.652 bits per heavy atom. The molecule has 2 aromatic rings. The molecule has 0 N–H and O–H groups in total. The van der Waals surface area contributed by atoms with E-state index in [1.807, 2.05) is 0 Å². The first-order chi connectivity index (χ1) is 11.1. The zero-order valence-corrected chi connectivity index (χ0v) is 18.1. The molecular formula is C22H32Sn. The van der Waals surface area contributed by atoms with Crippen molar-refractivity contribution in [3.63, 3.8) is 0 Å². The van der Waals surface area contributed by atoms with Gasteiger partial charge in [-0.15, -0.1) is 0 Å². The first-order valence-corrected chi connectivity index (χ1v) is 16.1. The summed E-state index contributed by atoms with van der Waals surface area (Å²) < 4.78 is 6.25. The summed E-state index contributed by atoms with van der Waals surface area (Å²) in [6, 6.07) is 23.0. The van der Waals surface area contributed by atoms with Crippen LogP contribution in [0.3, 0.4) is 0 Å². The van der Waals surface area contributed by atoms with Gasteiger partial charge in [-0.25, -0.2) is 0 Å². The summed E-state index contributed by atoms with van der Waals surface area (Å²) in [7, 11) is 0. The van der Waals surface area contributed by atoms with Crippen LogP contribution in [0.15, 0.2) is 60.7 Å². The van der Waals surface area contributed by atoms with E-state index in [0.717, 1.165) is 11.8 Å². The SMILES string of the molecule is CC[C@@H](C)[CH2][Sn]([CH2][C@H](C)CC)([c]1ccccc1)[c]1ccccc1. The van der Waals surface area contributed by atoms with Gasteiger partial charge >= 0.3 is 147 Å². The fraction of sp³-hybridized carbons (Fsp3) is 0.455. The van der Waals surface area contributed by atoms with Crippen LogP contribution in [0.25, 0.3) is 0 Å². The Labute approximate surface area is 147 Å². The molecule has 0 saturated carbocycles. The average Bonchev–Trinajstić information content (AvgIpc) is 2.62. The summed E-state index contributed by atoms with van der Waals surface area (Å²) in [6.07, 6.45) is 2.58. The van der Waals surface area contributed by atoms with Crippen molar-refractivity contribution >= 4 is 25.5 Å². The molecule has 0 heterocycles. The van der Waals surface area contributed by atoms with Crippen LogP contribution in [0, 0.1) is 11.8 Å². The van der Waals surface area contributed by atoms with E-state index in [4.69, 9.17) is 0 Å². The predicted octanol–water partition coefficient (Wildman–Crippen LogP) is 5.34. The van der Waals surface area contributed by atoms with Crippen molar-refractivity contribution < 1.29 is 0 Å². The van der Waals surface area contributed by atoms with Crippen LogP contribution < -0.4 is 7.16 Å². The van der Waals surface area contributed by atoms with Gasteiger partial charge in [0.2, 0.25) is 0 Å². The molecule has 0 aliphatic rings. The molecule has 2 atom stereocenters. The summed E-state index contributed by atoms with van der Waals surface area (Å²) in [5.41, 5.74) is 0. The van der Waals surface area contributed by atoms with E-state index in [-0.39, 0.29) is 0 Å². The summed E-state index contributed by atoms with van der Waals surface area (Å²) in [5.74, 6) is 1.63. The van der Waals surface area contributed by atoms with Gasteiger partial charge in [0, 0.05) is 0 Å². The van der Waals surface area contributed by atoms with Gasteiger partial charge in [0.05, 0.1) is 0 Å². The zero-order chi connectivity index (χ0) is 16.7. The van der Waals surface area contributed by atoms with E-state index in [1.165, 1.54) is 21.7 Å². The summed E-state index contributed by atoms with van der Waals surface area (Å²) in [6.45, 7) is 9.60. The van der Waals surface area contributed by atoms with E-state index < -0.39 is 18.4 Å². The molecule has 124 valence electrons. The van der Waals surface area contributed by atoms with Crippen LogP contribution >= 0.6 is 0 Å². The zero-order valence-electron chi connectivity index (χ0n) is 15.3. The molecule has 0 saturated heterocycles. The Hall–Kier alpha value is -0.761. The normalized spacial score (nSPS) is 14.4. The minimum atomic E-state index is -2.66. The van der Waals surface area contributed by atoms with Gasteiger partial charge < -0.3 is 0 Å². The van der Waals surface area contributed by atoms with Crippen molar-refractivity contribution in [3.05, 3.63) is 60.7 Å². The van der Waals surface area contributed by atoms with Crippen molar-refractivity contribution in [1.29, 1.82) is 0 Å². The van der Waals surface area contributed by atoms with Crippen LogP contribution in [0.2, 0.25) is 8.87 Å². The van der Waals surface area contributed by atoms with Crippen molar-refractivity contribution in [3.8, 4) is 0 Å². The molecule has 0 unspecified atom stereocenters. The van der Waals surface area contributed by atoms with Gasteiger partial charge in [-0.05, 0) is 0 Å². The molecule has 0 radical (unpaired) electrons. The molecule has 2 rings (SSSR count). The molecule has 0 spiro atoms. The Morgan fingerprint density at radius 2 is 1.00 bits per heavy atom. The van der Waals surface area contributed by atoms with Gasteiger partial charge in [0.1, 0.15) is 0 Å². The molecule has 0 aliphatic heterocycles. The average molecular weight is 415 g/mol. The molecule has 0 aliphatic carbocycles. The van der Waals surface area contributed by atoms with E-state index in [9.17, 15) is 0 Å². The van der Waals surface area contributed by atoms with Crippen LogP contribution in [0.1, 0.15) is 40.5 Å². The number of rotatable bonds is 8.